The van der Waals surface area contributed by atoms with Gasteiger partial charge < -0.3 is 14.6 Å². The molecule has 1 unspecified atom stereocenters. The van der Waals surface area contributed by atoms with Gasteiger partial charge in [0, 0.05) is 11.9 Å². The maximum Gasteiger partial charge on any atom is 0.349 e. The van der Waals surface area contributed by atoms with Gasteiger partial charge in [0.15, 0.2) is 0 Å². The van der Waals surface area contributed by atoms with E-state index in [9.17, 15) is 14.0 Å². The number of carbonyl (C=O) groups excluding carboxylic acids is 1. The van der Waals surface area contributed by atoms with Gasteiger partial charge in [-0.05, 0) is 43.9 Å². The van der Waals surface area contributed by atoms with Crippen LogP contribution in [0.5, 0.6) is 0 Å². The summed E-state index contributed by atoms with van der Waals surface area (Å²) in [4.78, 5) is 26.4. The molecule has 0 fully saturated rings. The zero-order chi connectivity index (χ0) is 18.7. The van der Waals surface area contributed by atoms with Crippen molar-refractivity contribution < 1.29 is 13.6 Å². The van der Waals surface area contributed by atoms with Crippen LogP contribution in [0, 0.1) is 5.82 Å². The third-order valence-corrected chi connectivity index (χ3v) is 4.20. The summed E-state index contributed by atoms with van der Waals surface area (Å²) in [5.41, 5.74) is 0.426. The van der Waals surface area contributed by atoms with Crippen LogP contribution in [-0.2, 0) is 0 Å². The Morgan fingerprint density at radius 2 is 1.92 bits per heavy atom. The first-order valence-electron chi connectivity index (χ1n) is 8.18. The van der Waals surface area contributed by atoms with E-state index >= 15 is 0 Å². The van der Waals surface area contributed by atoms with Crippen molar-refractivity contribution in [2.75, 3.05) is 20.6 Å². The maximum atomic E-state index is 13.5. The molecule has 1 aromatic heterocycles. The number of hydrogen-bond donors (Lipinski definition) is 1. The smallest absolute Gasteiger partial charge is 0.349 e. The minimum Gasteiger partial charge on any atom is -0.422 e. The van der Waals surface area contributed by atoms with Crippen LogP contribution in [0.1, 0.15) is 22.0 Å². The van der Waals surface area contributed by atoms with E-state index in [1.165, 1.54) is 18.2 Å². The summed E-state index contributed by atoms with van der Waals surface area (Å²) in [6.45, 7) is 0.224. The predicted octanol–water partition coefficient (Wildman–Crippen LogP) is 2.96. The van der Waals surface area contributed by atoms with E-state index in [0.29, 0.717) is 11.0 Å². The molecule has 2 aromatic carbocycles. The first-order valence-corrected chi connectivity index (χ1v) is 8.18. The first-order chi connectivity index (χ1) is 12.5. The van der Waals surface area contributed by atoms with Crippen LogP contribution < -0.4 is 10.9 Å². The Balaban J connectivity index is 1.81. The van der Waals surface area contributed by atoms with Crippen molar-refractivity contribution in [2.24, 2.45) is 0 Å². The van der Waals surface area contributed by atoms with Crippen molar-refractivity contribution in [3.63, 3.8) is 0 Å². The Labute approximate surface area is 150 Å². The summed E-state index contributed by atoms with van der Waals surface area (Å²) in [5, 5.41) is 3.41. The Bertz CT molecular complexity index is 998. The summed E-state index contributed by atoms with van der Waals surface area (Å²) < 4.78 is 18.7. The van der Waals surface area contributed by atoms with E-state index < -0.39 is 11.5 Å². The van der Waals surface area contributed by atoms with Crippen molar-refractivity contribution in [1.29, 1.82) is 0 Å². The lowest BCUT2D eigenvalue weighted by Gasteiger charge is -2.25. The predicted molar refractivity (Wildman–Crippen MR) is 97.6 cm³/mol. The molecule has 0 spiro atoms. The van der Waals surface area contributed by atoms with Gasteiger partial charge in [-0.25, -0.2) is 9.18 Å². The van der Waals surface area contributed by atoms with E-state index in [4.69, 9.17) is 4.42 Å². The molecule has 0 saturated carbocycles. The highest BCUT2D eigenvalue weighted by Crippen LogP contribution is 2.18. The Morgan fingerprint density at radius 3 is 2.65 bits per heavy atom. The molecule has 3 aromatic rings. The zero-order valence-corrected chi connectivity index (χ0v) is 14.5. The monoisotopic (exact) mass is 354 g/mol. The Kier molecular flexibility index (Phi) is 5.14. The molecule has 0 aliphatic carbocycles. The van der Waals surface area contributed by atoms with Crippen molar-refractivity contribution in [2.45, 2.75) is 6.04 Å². The molecule has 134 valence electrons. The molecule has 26 heavy (non-hydrogen) atoms. The average Bonchev–Trinajstić information content (AvgIpc) is 2.61. The molecular formula is C20H19FN2O3. The first kappa shape index (κ1) is 17.8. The summed E-state index contributed by atoms with van der Waals surface area (Å²) >= 11 is 0. The van der Waals surface area contributed by atoms with E-state index in [1.54, 1.807) is 36.4 Å². The van der Waals surface area contributed by atoms with Gasteiger partial charge in [0.2, 0.25) is 0 Å². The average molecular weight is 354 g/mol. The number of hydrogen-bond acceptors (Lipinski definition) is 4. The van der Waals surface area contributed by atoms with Gasteiger partial charge in [-0.1, -0.05) is 30.3 Å². The molecule has 0 radical (unpaired) electrons. The third kappa shape index (κ3) is 3.81. The maximum absolute atomic E-state index is 13.5. The molecule has 3 rings (SSSR count). The van der Waals surface area contributed by atoms with Crippen molar-refractivity contribution in [1.82, 2.24) is 10.2 Å². The zero-order valence-electron chi connectivity index (χ0n) is 14.5. The van der Waals surface area contributed by atoms with Gasteiger partial charge in [0.25, 0.3) is 5.91 Å². The van der Waals surface area contributed by atoms with Crippen LogP contribution >= 0.6 is 0 Å². The molecule has 0 aliphatic rings. The van der Waals surface area contributed by atoms with Crippen LogP contribution in [-0.4, -0.2) is 31.4 Å². The fourth-order valence-corrected chi connectivity index (χ4v) is 2.82. The third-order valence-electron chi connectivity index (χ3n) is 4.20. The summed E-state index contributed by atoms with van der Waals surface area (Å²) in [6.07, 6.45) is 0. The fraction of sp³-hybridized carbons (Fsp3) is 0.200. The number of halogens is 1. The lowest BCUT2D eigenvalue weighted by atomic mass is 10.1. The molecular weight excluding hydrogens is 335 g/mol. The van der Waals surface area contributed by atoms with E-state index in [2.05, 4.69) is 5.32 Å². The summed E-state index contributed by atoms with van der Waals surface area (Å²) in [7, 11) is 3.68. The second-order valence-electron chi connectivity index (χ2n) is 6.23. The number of likely N-dealkylation sites (N-methyl/N-ethyl adjacent to an activating group) is 1. The van der Waals surface area contributed by atoms with Gasteiger partial charge in [-0.3, -0.25) is 4.79 Å². The van der Waals surface area contributed by atoms with Gasteiger partial charge in [0.05, 0.1) is 6.04 Å². The van der Waals surface area contributed by atoms with Crippen LogP contribution in [0.25, 0.3) is 11.0 Å². The quantitative estimate of drug-likeness (QED) is 0.716. The highest BCUT2D eigenvalue weighted by Gasteiger charge is 2.18. The minimum atomic E-state index is -0.687. The molecule has 0 bridgehead atoms. The number of carbonyl (C=O) groups is 1. The van der Waals surface area contributed by atoms with E-state index in [1.807, 2.05) is 19.0 Å². The second kappa shape index (κ2) is 7.49. The Morgan fingerprint density at radius 1 is 1.15 bits per heavy atom. The highest BCUT2D eigenvalue weighted by atomic mass is 19.1. The van der Waals surface area contributed by atoms with Gasteiger partial charge in [0.1, 0.15) is 17.0 Å². The molecule has 5 nitrogen and oxygen atoms in total. The molecule has 1 N–H and O–H groups in total. The largest absolute Gasteiger partial charge is 0.422 e. The number of para-hydroxylation sites is 1. The van der Waals surface area contributed by atoms with Gasteiger partial charge in [-0.15, -0.1) is 0 Å². The van der Waals surface area contributed by atoms with E-state index in [0.717, 1.165) is 5.56 Å². The number of fused-ring (bicyclic) bond motifs is 1. The standard InChI is InChI=1S/C20H19FN2O3/c1-23(2)17(13-7-5-8-15(21)10-13)12-22-19(24)16-11-14-6-3-4-9-18(14)26-20(16)25/h3-11,17H,12H2,1-2H3,(H,22,24). The second-order valence-corrected chi connectivity index (χ2v) is 6.23. The van der Waals surface area contributed by atoms with Crippen LogP contribution in [0.3, 0.4) is 0 Å². The van der Waals surface area contributed by atoms with Crippen LogP contribution in [0.4, 0.5) is 4.39 Å². The molecule has 1 amide bonds. The number of rotatable bonds is 5. The highest BCUT2D eigenvalue weighted by molar-refractivity contribution is 5.96. The normalized spacial score (nSPS) is 12.3. The molecule has 6 heteroatoms. The summed E-state index contributed by atoms with van der Waals surface area (Å²) in [6, 6.07) is 14.5. The lowest BCUT2D eigenvalue weighted by Crippen LogP contribution is -2.36. The number of amides is 1. The molecule has 1 heterocycles. The molecule has 1 atom stereocenters. The Hall–Kier alpha value is -2.99. The van der Waals surface area contributed by atoms with Crippen molar-refractivity contribution in [3.05, 3.63) is 82.0 Å². The SMILES string of the molecule is CN(C)C(CNC(=O)c1cc2ccccc2oc1=O)c1cccc(F)c1. The van der Waals surface area contributed by atoms with Gasteiger partial charge >= 0.3 is 5.63 Å². The van der Waals surface area contributed by atoms with Crippen LogP contribution in [0.15, 0.2) is 63.8 Å². The summed E-state index contributed by atoms with van der Waals surface area (Å²) in [5.74, 6) is -0.858. The fourth-order valence-electron chi connectivity index (χ4n) is 2.82. The number of nitrogens with one attached hydrogen (secondary N) is 1. The lowest BCUT2D eigenvalue weighted by molar-refractivity contribution is 0.0938. The molecule has 0 aliphatic heterocycles. The van der Waals surface area contributed by atoms with E-state index in [-0.39, 0.29) is 24.0 Å². The van der Waals surface area contributed by atoms with Crippen molar-refractivity contribution >= 4 is 16.9 Å². The number of benzene rings is 2. The van der Waals surface area contributed by atoms with Crippen molar-refractivity contribution in [3.8, 4) is 0 Å². The van der Waals surface area contributed by atoms with Crippen LogP contribution in [0.2, 0.25) is 0 Å². The number of nitrogens with zero attached hydrogens (tertiary/aromatic N) is 1. The molecule has 0 saturated heterocycles. The topological polar surface area (TPSA) is 62.6 Å². The minimum absolute atomic E-state index is 0.0551. The van der Waals surface area contributed by atoms with Gasteiger partial charge in [-0.2, -0.15) is 0 Å².